The van der Waals surface area contributed by atoms with Gasteiger partial charge >= 0.3 is 0 Å². The van der Waals surface area contributed by atoms with Crippen molar-refractivity contribution in [3.05, 3.63) is 71.4 Å². The van der Waals surface area contributed by atoms with Crippen LogP contribution in [0.1, 0.15) is 42.4 Å². The zero-order valence-corrected chi connectivity index (χ0v) is 15.8. The first-order chi connectivity index (χ1) is 13.7. The Balaban J connectivity index is 1.57. The Hall–Kier alpha value is -2.75. The average molecular weight is 374 g/mol. The van der Waals surface area contributed by atoms with E-state index in [1.54, 1.807) is 0 Å². The molecule has 0 aliphatic heterocycles. The van der Waals surface area contributed by atoms with Crippen molar-refractivity contribution < 1.29 is 9.18 Å². The van der Waals surface area contributed by atoms with E-state index >= 15 is 0 Å². The van der Waals surface area contributed by atoms with Gasteiger partial charge in [0, 0.05) is 23.4 Å². The SMILES string of the molecule is O=C1C=C2c3ccc4nn(Cc5ccccc5)cc4c3C[C@]2(CCCF)CC1. The largest absolute Gasteiger partial charge is 0.295 e. The first-order valence-corrected chi connectivity index (χ1v) is 10.0. The standard InChI is InChI=1S/C24H23FN2O/c25-12-4-10-24-11-9-18(28)13-22(24)19-7-8-23-21(20(19)14-24)16-27(26-23)15-17-5-2-1-3-6-17/h1-3,5-8,13,16H,4,9-12,14-15H2/t24-/m0/s1. The van der Waals surface area contributed by atoms with E-state index in [2.05, 4.69) is 30.5 Å². The molecule has 3 aromatic rings. The molecule has 0 radical (unpaired) electrons. The highest BCUT2D eigenvalue weighted by atomic mass is 19.1. The summed E-state index contributed by atoms with van der Waals surface area (Å²) in [7, 11) is 0. The molecule has 0 N–H and O–H groups in total. The fourth-order valence-electron chi connectivity index (χ4n) is 5.02. The number of hydrogen-bond acceptors (Lipinski definition) is 2. The monoisotopic (exact) mass is 374 g/mol. The molecule has 1 atom stereocenters. The summed E-state index contributed by atoms with van der Waals surface area (Å²) in [5.41, 5.74) is 5.69. The molecular weight excluding hydrogens is 351 g/mol. The molecule has 0 saturated heterocycles. The average Bonchev–Trinajstić information content (AvgIpc) is 3.26. The van der Waals surface area contributed by atoms with Crippen LogP contribution in [0, 0.1) is 5.41 Å². The molecule has 2 aliphatic rings. The zero-order chi connectivity index (χ0) is 19.1. The van der Waals surface area contributed by atoms with Crippen molar-refractivity contribution in [3.8, 4) is 0 Å². The van der Waals surface area contributed by atoms with Gasteiger partial charge in [0.2, 0.25) is 0 Å². The van der Waals surface area contributed by atoms with Gasteiger partial charge in [-0.3, -0.25) is 13.9 Å². The number of halogens is 1. The quantitative estimate of drug-likeness (QED) is 0.621. The lowest BCUT2D eigenvalue weighted by Gasteiger charge is -2.33. The summed E-state index contributed by atoms with van der Waals surface area (Å²) in [6, 6.07) is 14.5. The normalized spacial score (nSPS) is 20.9. The van der Waals surface area contributed by atoms with E-state index in [1.807, 2.05) is 29.0 Å². The summed E-state index contributed by atoms with van der Waals surface area (Å²) in [5.74, 6) is 0.193. The number of rotatable bonds is 5. The summed E-state index contributed by atoms with van der Waals surface area (Å²) in [6.45, 7) is 0.433. The van der Waals surface area contributed by atoms with Crippen molar-refractivity contribution >= 4 is 22.3 Å². The van der Waals surface area contributed by atoms with Crippen LogP contribution < -0.4 is 0 Å². The Morgan fingerprint density at radius 1 is 1.14 bits per heavy atom. The zero-order valence-electron chi connectivity index (χ0n) is 15.8. The molecule has 2 aliphatic carbocycles. The summed E-state index contributed by atoms with van der Waals surface area (Å²) >= 11 is 0. The Bertz CT molecular complexity index is 1080. The van der Waals surface area contributed by atoms with Crippen LogP contribution in [0.5, 0.6) is 0 Å². The predicted molar refractivity (Wildman–Crippen MR) is 109 cm³/mol. The molecule has 28 heavy (non-hydrogen) atoms. The molecule has 0 unspecified atom stereocenters. The van der Waals surface area contributed by atoms with Crippen molar-refractivity contribution in [2.45, 2.75) is 38.6 Å². The molecule has 3 nitrogen and oxygen atoms in total. The van der Waals surface area contributed by atoms with Crippen molar-refractivity contribution in [1.82, 2.24) is 9.78 Å². The van der Waals surface area contributed by atoms with E-state index < -0.39 is 0 Å². The van der Waals surface area contributed by atoms with E-state index in [4.69, 9.17) is 5.10 Å². The molecule has 142 valence electrons. The molecule has 0 saturated carbocycles. The van der Waals surface area contributed by atoms with Crippen LogP contribution in [0.25, 0.3) is 16.5 Å². The Kier molecular flexibility index (Phi) is 4.15. The third kappa shape index (κ3) is 2.79. The lowest BCUT2D eigenvalue weighted by atomic mass is 9.70. The van der Waals surface area contributed by atoms with E-state index in [0.29, 0.717) is 12.8 Å². The van der Waals surface area contributed by atoms with Crippen molar-refractivity contribution in [2.24, 2.45) is 5.41 Å². The van der Waals surface area contributed by atoms with Crippen molar-refractivity contribution in [1.29, 1.82) is 0 Å². The maximum Gasteiger partial charge on any atom is 0.156 e. The molecule has 0 bridgehead atoms. The molecule has 0 spiro atoms. The van der Waals surface area contributed by atoms with Crippen LogP contribution in [0.3, 0.4) is 0 Å². The van der Waals surface area contributed by atoms with Crippen molar-refractivity contribution in [2.75, 3.05) is 6.67 Å². The smallest absolute Gasteiger partial charge is 0.156 e. The van der Waals surface area contributed by atoms with Crippen LogP contribution in [0.15, 0.2) is 54.7 Å². The van der Waals surface area contributed by atoms with Gasteiger partial charge in [0.15, 0.2) is 5.78 Å². The van der Waals surface area contributed by atoms with Crippen LogP contribution in [0.4, 0.5) is 4.39 Å². The second-order valence-corrected chi connectivity index (χ2v) is 8.11. The highest BCUT2D eigenvalue weighted by Gasteiger charge is 2.44. The van der Waals surface area contributed by atoms with Gasteiger partial charge in [0.1, 0.15) is 0 Å². The summed E-state index contributed by atoms with van der Waals surface area (Å²) < 4.78 is 15.0. The number of fused-ring (bicyclic) bond motifs is 5. The molecule has 4 heteroatoms. The minimum absolute atomic E-state index is 0.0852. The van der Waals surface area contributed by atoms with Gasteiger partial charge in [0.25, 0.3) is 0 Å². The second-order valence-electron chi connectivity index (χ2n) is 8.11. The number of benzene rings is 2. The van der Waals surface area contributed by atoms with Gasteiger partial charge < -0.3 is 0 Å². The van der Waals surface area contributed by atoms with Gasteiger partial charge in [-0.05, 0) is 60.1 Å². The minimum atomic E-state index is -0.302. The van der Waals surface area contributed by atoms with Gasteiger partial charge in [-0.2, -0.15) is 5.10 Å². The Morgan fingerprint density at radius 3 is 2.82 bits per heavy atom. The topological polar surface area (TPSA) is 34.9 Å². The van der Waals surface area contributed by atoms with E-state index in [-0.39, 0.29) is 17.9 Å². The second kappa shape index (κ2) is 6.69. The first-order valence-electron chi connectivity index (χ1n) is 10.0. The molecule has 0 amide bonds. The number of ketones is 1. The van der Waals surface area contributed by atoms with Gasteiger partial charge in [0.05, 0.1) is 18.7 Å². The number of alkyl halides is 1. The Morgan fingerprint density at radius 2 is 2.00 bits per heavy atom. The molecule has 2 aromatic carbocycles. The number of hydrogen-bond donors (Lipinski definition) is 0. The number of nitrogens with zero attached hydrogens (tertiary/aromatic N) is 2. The highest BCUT2D eigenvalue weighted by molar-refractivity contribution is 6.03. The fourth-order valence-corrected chi connectivity index (χ4v) is 5.02. The molecule has 1 aromatic heterocycles. The number of aromatic nitrogens is 2. The maximum atomic E-state index is 13.0. The molecular formula is C24H23FN2O. The van der Waals surface area contributed by atoms with E-state index in [0.717, 1.165) is 42.3 Å². The summed E-state index contributed by atoms with van der Waals surface area (Å²) in [5, 5.41) is 5.94. The number of carbonyl (C=O) groups is 1. The molecule has 5 rings (SSSR count). The van der Waals surface area contributed by atoms with Gasteiger partial charge in [-0.1, -0.05) is 36.4 Å². The van der Waals surface area contributed by atoms with E-state index in [9.17, 15) is 9.18 Å². The minimum Gasteiger partial charge on any atom is -0.295 e. The maximum absolute atomic E-state index is 13.0. The van der Waals surface area contributed by atoms with Crippen LogP contribution in [0.2, 0.25) is 0 Å². The number of allylic oxidation sites excluding steroid dienone is 2. The molecule has 1 heterocycles. The lowest BCUT2D eigenvalue weighted by molar-refractivity contribution is -0.115. The van der Waals surface area contributed by atoms with Crippen LogP contribution in [-0.2, 0) is 17.8 Å². The number of carbonyl (C=O) groups excluding carboxylic acids is 1. The third-order valence-corrected chi connectivity index (χ3v) is 6.36. The van der Waals surface area contributed by atoms with Gasteiger partial charge in [-0.15, -0.1) is 0 Å². The van der Waals surface area contributed by atoms with Crippen molar-refractivity contribution in [3.63, 3.8) is 0 Å². The lowest BCUT2D eigenvalue weighted by Crippen LogP contribution is -2.26. The molecule has 0 fully saturated rings. The van der Waals surface area contributed by atoms with Gasteiger partial charge in [-0.25, -0.2) is 0 Å². The van der Waals surface area contributed by atoms with E-state index in [1.165, 1.54) is 16.7 Å². The predicted octanol–water partition coefficient (Wildman–Crippen LogP) is 5.12. The fraction of sp³-hybridized carbons (Fsp3) is 0.333. The first kappa shape index (κ1) is 17.4. The third-order valence-electron chi connectivity index (χ3n) is 6.36. The van der Waals surface area contributed by atoms with Crippen LogP contribution >= 0.6 is 0 Å². The Labute approximate surface area is 163 Å². The summed E-state index contributed by atoms with van der Waals surface area (Å²) in [4.78, 5) is 12.1. The highest BCUT2D eigenvalue weighted by Crippen LogP contribution is 2.55. The van der Waals surface area contributed by atoms with Crippen LogP contribution in [-0.4, -0.2) is 22.2 Å². The summed E-state index contributed by atoms with van der Waals surface area (Å²) in [6.07, 6.45) is 7.59.